The Morgan fingerprint density at radius 2 is 1.83 bits per heavy atom. The number of aliphatic hydroxyl groups excluding tert-OH is 1. The molecule has 5 heteroatoms. The summed E-state index contributed by atoms with van der Waals surface area (Å²) in [5, 5.41) is 10.4. The summed E-state index contributed by atoms with van der Waals surface area (Å²) in [6, 6.07) is 13.2. The number of rotatable bonds is 7. The van der Waals surface area contributed by atoms with E-state index in [4.69, 9.17) is 9.47 Å². The molecule has 0 amide bonds. The van der Waals surface area contributed by atoms with E-state index in [-0.39, 0.29) is 24.8 Å². The minimum Gasteiger partial charge on any atom is -0.491 e. The number of carbonyl (C=O) groups is 2. The van der Waals surface area contributed by atoms with Crippen LogP contribution in [-0.2, 0) is 10.2 Å². The van der Waals surface area contributed by atoms with Crippen LogP contribution in [0.3, 0.4) is 0 Å². The predicted molar refractivity (Wildman–Crippen MR) is 111 cm³/mol. The molecule has 5 nitrogen and oxygen atoms in total. The van der Waals surface area contributed by atoms with Crippen LogP contribution in [0.2, 0.25) is 0 Å². The first-order valence-corrected chi connectivity index (χ1v) is 10.7. The molecule has 0 radical (unpaired) electrons. The molecule has 2 aromatic carbocycles. The lowest BCUT2D eigenvalue weighted by molar-refractivity contribution is 0.0950. The minimum atomic E-state index is -0.778. The summed E-state index contributed by atoms with van der Waals surface area (Å²) in [4.78, 5) is 25.9. The summed E-state index contributed by atoms with van der Waals surface area (Å²) in [6.45, 7) is 3.39. The van der Waals surface area contributed by atoms with Crippen LogP contribution in [0.25, 0.3) is 0 Å². The second-order valence-electron chi connectivity index (χ2n) is 8.73. The van der Waals surface area contributed by atoms with Crippen molar-refractivity contribution in [2.75, 3.05) is 26.4 Å². The lowest BCUT2D eigenvalue weighted by Gasteiger charge is -2.26. The van der Waals surface area contributed by atoms with Crippen molar-refractivity contribution >= 4 is 11.6 Å². The quantitative estimate of drug-likeness (QED) is 0.714. The zero-order valence-electron chi connectivity index (χ0n) is 17.1. The molecule has 2 heterocycles. The molecule has 3 aliphatic rings. The number of ether oxygens (including phenoxy) is 2. The van der Waals surface area contributed by atoms with Gasteiger partial charge >= 0.3 is 0 Å². The van der Waals surface area contributed by atoms with Crippen LogP contribution in [0, 0.1) is 17.8 Å². The molecule has 2 fully saturated rings. The summed E-state index contributed by atoms with van der Waals surface area (Å²) >= 11 is 0. The lowest BCUT2D eigenvalue weighted by Crippen LogP contribution is -2.33. The van der Waals surface area contributed by atoms with Gasteiger partial charge in [0.15, 0.2) is 11.6 Å². The average Bonchev–Trinajstić information content (AvgIpc) is 3.14. The number of hydrogen-bond acceptors (Lipinski definition) is 5. The molecule has 0 spiro atoms. The van der Waals surface area contributed by atoms with Gasteiger partial charge in [0.25, 0.3) is 0 Å². The minimum absolute atomic E-state index is 0.0501. The molecule has 0 aromatic heterocycles. The number of fused-ring (bicyclic) bond motifs is 2. The van der Waals surface area contributed by atoms with Crippen LogP contribution in [-0.4, -0.2) is 43.1 Å². The maximum atomic E-state index is 13.2. The summed E-state index contributed by atoms with van der Waals surface area (Å²) in [7, 11) is 0. The molecule has 30 heavy (non-hydrogen) atoms. The van der Waals surface area contributed by atoms with E-state index in [1.54, 1.807) is 13.0 Å². The first-order chi connectivity index (χ1) is 14.6. The Balaban J connectivity index is 1.57. The van der Waals surface area contributed by atoms with Gasteiger partial charge in [-0.3, -0.25) is 9.59 Å². The average molecular weight is 406 g/mol. The molecule has 1 saturated carbocycles. The van der Waals surface area contributed by atoms with Crippen molar-refractivity contribution in [2.24, 2.45) is 17.8 Å². The maximum absolute atomic E-state index is 13.2. The highest BCUT2D eigenvalue weighted by molar-refractivity contribution is 6.04. The van der Waals surface area contributed by atoms with Gasteiger partial charge in [-0.25, -0.2) is 0 Å². The Labute approximate surface area is 176 Å². The van der Waals surface area contributed by atoms with Crippen LogP contribution in [0.4, 0.5) is 0 Å². The molecular weight excluding hydrogens is 380 g/mol. The maximum Gasteiger partial charge on any atom is 0.166 e. The monoisotopic (exact) mass is 406 g/mol. The largest absolute Gasteiger partial charge is 0.491 e. The van der Waals surface area contributed by atoms with E-state index in [2.05, 4.69) is 0 Å². The normalized spacial score (nSPS) is 28.5. The van der Waals surface area contributed by atoms with Gasteiger partial charge in [-0.15, -0.1) is 0 Å². The molecule has 1 saturated heterocycles. The van der Waals surface area contributed by atoms with E-state index in [0.29, 0.717) is 47.5 Å². The third kappa shape index (κ3) is 2.91. The van der Waals surface area contributed by atoms with Crippen molar-refractivity contribution in [1.82, 2.24) is 0 Å². The fourth-order valence-electron chi connectivity index (χ4n) is 5.18. The standard InChI is InChI=1S/C25H26O5/c1-2-22(27)18-8-15(23(28)10-17-19-11-29-12-20(17)19)9-21-24(18)30-14-25(21,13-26)16-6-4-3-5-7-16/h3-9,17,19-20,26H,2,10-14H2,1H3/t17?,19-,20+,25?. The van der Waals surface area contributed by atoms with Crippen LogP contribution in [0.15, 0.2) is 42.5 Å². The molecule has 0 bridgehead atoms. The van der Waals surface area contributed by atoms with E-state index >= 15 is 0 Å². The van der Waals surface area contributed by atoms with Gasteiger partial charge in [-0.05, 0) is 35.4 Å². The predicted octanol–water partition coefficient (Wildman–Crippen LogP) is 3.42. The number of hydrogen-bond donors (Lipinski definition) is 1. The van der Waals surface area contributed by atoms with Crippen LogP contribution in [0.5, 0.6) is 5.75 Å². The van der Waals surface area contributed by atoms with Crippen molar-refractivity contribution in [2.45, 2.75) is 25.2 Å². The Hall–Kier alpha value is -2.50. The zero-order valence-corrected chi connectivity index (χ0v) is 17.1. The Bertz CT molecular complexity index is 988. The smallest absolute Gasteiger partial charge is 0.166 e. The van der Waals surface area contributed by atoms with Gasteiger partial charge in [-0.1, -0.05) is 37.3 Å². The van der Waals surface area contributed by atoms with E-state index in [1.807, 2.05) is 36.4 Å². The van der Waals surface area contributed by atoms with Crippen LogP contribution < -0.4 is 4.74 Å². The molecule has 1 aliphatic carbocycles. The highest BCUT2D eigenvalue weighted by Gasteiger charge is 2.54. The summed E-state index contributed by atoms with van der Waals surface area (Å²) < 4.78 is 11.4. The number of carbonyl (C=O) groups excluding carboxylic acids is 2. The Morgan fingerprint density at radius 3 is 2.50 bits per heavy atom. The van der Waals surface area contributed by atoms with Crippen molar-refractivity contribution in [3.8, 4) is 5.75 Å². The molecule has 156 valence electrons. The molecule has 5 rings (SSSR count). The first-order valence-electron chi connectivity index (χ1n) is 10.7. The van der Waals surface area contributed by atoms with Gasteiger partial charge in [0.2, 0.25) is 0 Å². The van der Waals surface area contributed by atoms with Crippen LogP contribution >= 0.6 is 0 Å². The number of aliphatic hydroxyl groups is 1. The Kier molecular flexibility index (Phi) is 4.75. The molecule has 1 N–H and O–H groups in total. The first kappa shape index (κ1) is 19.5. The third-order valence-corrected chi connectivity index (χ3v) is 7.16. The topological polar surface area (TPSA) is 72.8 Å². The highest BCUT2D eigenvalue weighted by atomic mass is 16.5. The lowest BCUT2D eigenvalue weighted by atomic mass is 9.75. The molecule has 2 aliphatic heterocycles. The van der Waals surface area contributed by atoms with Crippen molar-refractivity contribution in [3.63, 3.8) is 0 Å². The summed E-state index contributed by atoms with van der Waals surface area (Å²) in [5.74, 6) is 1.90. The molecule has 4 atom stereocenters. The van der Waals surface area contributed by atoms with Gasteiger partial charge in [-0.2, -0.15) is 0 Å². The van der Waals surface area contributed by atoms with E-state index in [0.717, 1.165) is 24.3 Å². The number of Topliss-reactive ketones (excluding diaryl/α,β-unsaturated/α-hetero) is 2. The van der Waals surface area contributed by atoms with Gasteiger partial charge in [0.05, 0.1) is 30.8 Å². The van der Waals surface area contributed by atoms with Gasteiger partial charge in [0.1, 0.15) is 12.4 Å². The summed E-state index contributed by atoms with van der Waals surface area (Å²) in [6.07, 6.45) is 0.810. The highest BCUT2D eigenvalue weighted by Crippen LogP contribution is 2.53. The van der Waals surface area contributed by atoms with Crippen molar-refractivity contribution in [3.05, 3.63) is 64.7 Å². The third-order valence-electron chi connectivity index (χ3n) is 7.16. The van der Waals surface area contributed by atoms with E-state index in [1.165, 1.54) is 0 Å². The van der Waals surface area contributed by atoms with Crippen molar-refractivity contribution < 1.29 is 24.2 Å². The zero-order chi connectivity index (χ0) is 20.9. The fourth-order valence-corrected chi connectivity index (χ4v) is 5.18. The van der Waals surface area contributed by atoms with E-state index in [9.17, 15) is 14.7 Å². The number of ketones is 2. The Morgan fingerprint density at radius 1 is 1.10 bits per heavy atom. The molecular formula is C25H26O5. The van der Waals surface area contributed by atoms with Crippen molar-refractivity contribution in [1.29, 1.82) is 0 Å². The molecule has 2 aromatic rings. The van der Waals surface area contributed by atoms with Crippen LogP contribution in [0.1, 0.15) is 51.6 Å². The number of benzene rings is 2. The van der Waals surface area contributed by atoms with Gasteiger partial charge < -0.3 is 14.6 Å². The fraction of sp³-hybridized carbons (Fsp3) is 0.440. The second-order valence-corrected chi connectivity index (χ2v) is 8.73. The second kappa shape index (κ2) is 7.33. The SMILES string of the molecule is CCC(=O)c1cc(C(=O)CC2[C@H]3COC[C@@H]23)cc2c1OCC2(CO)c1ccccc1. The summed E-state index contributed by atoms with van der Waals surface area (Å²) in [5.41, 5.74) is 1.86. The van der Waals surface area contributed by atoms with Gasteiger partial charge in [0, 0.05) is 24.0 Å². The molecule has 2 unspecified atom stereocenters. The van der Waals surface area contributed by atoms with E-state index < -0.39 is 5.41 Å².